The molecule has 0 atom stereocenters. The third kappa shape index (κ3) is 3.45. The van der Waals surface area contributed by atoms with Gasteiger partial charge in [-0.15, -0.1) is 0 Å². The predicted molar refractivity (Wildman–Crippen MR) is 108 cm³/mol. The minimum absolute atomic E-state index is 0.150. The highest BCUT2D eigenvalue weighted by Crippen LogP contribution is 2.25. The van der Waals surface area contributed by atoms with Crippen molar-refractivity contribution in [2.24, 2.45) is 0 Å². The topological polar surface area (TPSA) is 77.2 Å². The first-order chi connectivity index (χ1) is 13.5. The Hall–Kier alpha value is -3.28. The van der Waals surface area contributed by atoms with Crippen LogP contribution in [0.1, 0.15) is 23.1 Å². The number of hydrogen-bond donors (Lipinski definition) is 1. The highest BCUT2D eigenvalue weighted by atomic mass is 16.5. The third-order valence-corrected chi connectivity index (χ3v) is 5.08. The molecular formula is C22H22N2O4. The summed E-state index contributed by atoms with van der Waals surface area (Å²) < 4.78 is 12.6. The Bertz CT molecular complexity index is 1210. The second kappa shape index (κ2) is 7.38. The number of aromatic amines is 1. The maximum Gasteiger partial charge on any atom is 0.326 e. The van der Waals surface area contributed by atoms with Gasteiger partial charge in [0.25, 0.3) is 0 Å². The van der Waals surface area contributed by atoms with Crippen LogP contribution in [0.15, 0.2) is 51.9 Å². The van der Waals surface area contributed by atoms with Crippen LogP contribution in [-0.4, -0.2) is 22.1 Å². The summed E-state index contributed by atoms with van der Waals surface area (Å²) in [6, 6.07) is 11.6. The molecule has 0 amide bonds. The van der Waals surface area contributed by atoms with Gasteiger partial charge in [-0.3, -0.25) is 9.36 Å². The molecule has 2 heterocycles. The lowest BCUT2D eigenvalue weighted by Crippen LogP contribution is -2.18. The maximum absolute atomic E-state index is 12.2. The van der Waals surface area contributed by atoms with Crippen molar-refractivity contribution in [3.8, 4) is 0 Å². The van der Waals surface area contributed by atoms with Gasteiger partial charge in [0.05, 0.1) is 30.3 Å². The second-order valence-electron chi connectivity index (χ2n) is 7.04. The number of nitrogens with one attached hydrogen (secondary N) is 1. The molecular weight excluding hydrogens is 356 g/mol. The number of rotatable bonds is 6. The Morgan fingerprint density at radius 3 is 2.82 bits per heavy atom. The Morgan fingerprint density at radius 2 is 1.96 bits per heavy atom. The molecule has 0 saturated heterocycles. The number of benzene rings is 2. The molecule has 28 heavy (non-hydrogen) atoms. The molecule has 144 valence electrons. The minimum Gasteiger partial charge on any atom is -0.465 e. The number of furan rings is 1. The van der Waals surface area contributed by atoms with E-state index in [0.717, 1.165) is 38.7 Å². The summed E-state index contributed by atoms with van der Waals surface area (Å²) in [6.45, 7) is 4.82. The number of fused-ring (bicyclic) bond motifs is 2. The van der Waals surface area contributed by atoms with E-state index in [0.29, 0.717) is 13.0 Å². The van der Waals surface area contributed by atoms with Crippen LogP contribution < -0.4 is 5.69 Å². The molecule has 6 heteroatoms. The fraction of sp³-hybridized carbons (Fsp3) is 0.273. The SMILES string of the molecule is Cc1cc2occ(CC(=O)OCCCn3c(=O)[nH]c4ccccc43)c2cc1C. The number of esters is 1. The highest BCUT2D eigenvalue weighted by Gasteiger charge is 2.13. The lowest BCUT2D eigenvalue weighted by Gasteiger charge is -2.06. The Morgan fingerprint density at radius 1 is 1.18 bits per heavy atom. The van der Waals surface area contributed by atoms with Gasteiger partial charge in [-0.25, -0.2) is 4.79 Å². The molecule has 0 saturated carbocycles. The smallest absolute Gasteiger partial charge is 0.326 e. The number of carbonyl (C=O) groups is 1. The van der Waals surface area contributed by atoms with Crippen molar-refractivity contribution < 1.29 is 13.9 Å². The molecule has 0 aliphatic heterocycles. The van der Waals surface area contributed by atoms with Crippen LogP contribution in [0.2, 0.25) is 0 Å². The molecule has 0 spiro atoms. The van der Waals surface area contributed by atoms with E-state index in [4.69, 9.17) is 9.15 Å². The molecule has 0 bridgehead atoms. The summed E-state index contributed by atoms with van der Waals surface area (Å²) in [5.74, 6) is -0.299. The summed E-state index contributed by atoms with van der Waals surface area (Å²) in [5.41, 5.74) is 5.44. The summed E-state index contributed by atoms with van der Waals surface area (Å²) in [7, 11) is 0. The van der Waals surface area contributed by atoms with E-state index in [-0.39, 0.29) is 24.7 Å². The van der Waals surface area contributed by atoms with Crippen molar-refractivity contribution in [3.63, 3.8) is 0 Å². The van der Waals surface area contributed by atoms with Gasteiger partial charge in [-0.05, 0) is 55.7 Å². The molecule has 0 unspecified atom stereocenters. The molecule has 0 aliphatic rings. The van der Waals surface area contributed by atoms with Crippen molar-refractivity contribution in [1.29, 1.82) is 0 Å². The van der Waals surface area contributed by atoms with Gasteiger partial charge in [-0.2, -0.15) is 0 Å². The lowest BCUT2D eigenvalue weighted by molar-refractivity contribution is -0.142. The van der Waals surface area contributed by atoms with Gasteiger partial charge in [0.2, 0.25) is 0 Å². The van der Waals surface area contributed by atoms with Crippen LogP contribution in [0.25, 0.3) is 22.0 Å². The molecule has 2 aromatic heterocycles. The lowest BCUT2D eigenvalue weighted by atomic mass is 10.0. The monoisotopic (exact) mass is 378 g/mol. The molecule has 4 aromatic rings. The number of imidazole rings is 1. The van der Waals surface area contributed by atoms with Gasteiger partial charge < -0.3 is 14.1 Å². The summed E-state index contributed by atoms with van der Waals surface area (Å²) in [4.78, 5) is 27.1. The number of ether oxygens (including phenoxy) is 1. The van der Waals surface area contributed by atoms with Gasteiger partial charge in [-0.1, -0.05) is 12.1 Å². The molecule has 2 aromatic carbocycles. The molecule has 6 nitrogen and oxygen atoms in total. The number of carbonyl (C=O) groups excluding carboxylic acids is 1. The maximum atomic E-state index is 12.2. The first kappa shape index (κ1) is 18.1. The van der Waals surface area contributed by atoms with Crippen LogP contribution in [-0.2, 0) is 22.5 Å². The largest absolute Gasteiger partial charge is 0.465 e. The number of nitrogens with zero attached hydrogens (tertiary/aromatic N) is 1. The second-order valence-corrected chi connectivity index (χ2v) is 7.04. The molecule has 0 aliphatic carbocycles. The molecule has 1 N–H and O–H groups in total. The first-order valence-corrected chi connectivity index (χ1v) is 9.33. The van der Waals surface area contributed by atoms with Crippen LogP contribution in [0, 0.1) is 13.8 Å². The highest BCUT2D eigenvalue weighted by molar-refractivity contribution is 5.86. The van der Waals surface area contributed by atoms with Crippen LogP contribution in [0.3, 0.4) is 0 Å². The summed E-state index contributed by atoms with van der Waals surface area (Å²) in [6.07, 6.45) is 2.36. The Labute approximate surface area is 161 Å². The Kier molecular flexibility index (Phi) is 4.77. The number of para-hydroxylation sites is 2. The summed E-state index contributed by atoms with van der Waals surface area (Å²) >= 11 is 0. The van der Waals surface area contributed by atoms with E-state index < -0.39 is 0 Å². The van der Waals surface area contributed by atoms with Gasteiger partial charge in [0.15, 0.2) is 0 Å². The van der Waals surface area contributed by atoms with Crippen molar-refractivity contribution >= 4 is 28.0 Å². The van der Waals surface area contributed by atoms with E-state index in [9.17, 15) is 9.59 Å². The number of aryl methyl sites for hydroxylation is 3. The number of hydrogen-bond acceptors (Lipinski definition) is 4. The minimum atomic E-state index is -0.299. The average Bonchev–Trinajstić information content (AvgIpc) is 3.19. The zero-order valence-electron chi connectivity index (χ0n) is 16.0. The van der Waals surface area contributed by atoms with Crippen LogP contribution in [0.4, 0.5) is 0 Å². The molecule has 0 fully saturated rings. The Balaban J connectivity index is 1.34. The fourth-order valence-corrected chi connectivity index (χ4v) is 3.42. The first-order valence-electron chi connectivity index (χ1n) is 9.33. The van der Waals surface area contributed by atoms with Gasteiger partial charge in [0, 0.05) is 17.5 Å². The van der Waals surface area contributed by atoms with Crippen LogP contribution in [0.5, 0.6) is 0 Å². The van der Waals surface area contributed by atoms with Crippen molar-refractivity contribution in [2.75, 3.05) is 6.61 Å². The normalized spacial score (nSPS) is 11.4. The summed E-state index contributed by atoms with van der Waals surface area (Å²) in [5, 5.41) is 0.949. The van der Waals surface area contributed by atoms with E-state index in [2.05, 4.69) is 4.98 Å². The van der Waals surface area contributed by atoms with E-state index in [1.807, 2.05) is 50.2 Å². The van der Waals surface area contributed by atoms with Gasteiger partial charge in [0.1, 0.15) is 5.58 Å². The zero-order chi connectivity index (χ0) is 19.7. The van der Waals surface area contributed by atoms with E-state index in [1.165, 1.54) is 0 Å². The van der Waals surface area contributed by atoms with Crippen molar-refractivity contribution in [1.82, 2.24) is 9.55 Å². The fourth-order valence-electron chi connectivity index (χ4n) is 3.42. The van der Waals surface area contributed by atoms with Crippen molar-refractivity contribution in [3.05, 3.63) is 69.8 Å². The van der Waals surface area contributed by atoms with E-state index >= 15 is 0 Å². The number of aromatic nitrogens is 2. The third-order valence-electron chi connectivity index (χ3n) is 5.08. The van der Waals surface area contributed by atoms with Gasteiger partial charge >= 0.3 is 11.7 Å². The zero-order valence-corrected chi connectivity index (χ0v) is 16.0. The quantitative estimate of drug-likeness (QED) is 0.408. The van der Waals surface area contributed by atoms with Crippen LogP contribution >= 0.6 is 0 Å². The number of H-pyrrole nitrogens is 1. The predicted octanol–water partition coefficient (Wildman–Crippen LogP) is 3.87. The van der Waals surface area contributed by atoms with E-state index in [1.54, 1.807) is 10.8 Å². The van der Waals surface area contributed by atoms with Crippen molar-refractivity contribution in [2.45, 2.75) is 33.2 Å². The molecule has 0 radical (unpaired) electrons. The molecule has 4 rings (SSSR count). The standard InChI is InChI=1S/C22H22N2O4/c1-14-10-17-16(13-28-20(17)11-15(14)2)12-21(25)27-9-5-8-24-19-7-4-3-6-18(19)23-22(24)26/h3-4,6-7,10-11,13H,5,8-9,12H2,1-2H3,(H,23,26). The average molecular weight is 378 g/mol.